The number of benzene rings is 2. The van der Waals surface area contributed by atoms with Crippen molar-refractivity contribution in [3.8, 4) is 11.5 Å². The summed E-state index contributed by atoms with van der Waals surface area (Å²) in [7, 11) is 0. The first-order valence-corrected chi connectivity index (χ1v) is 7.47. The molecule has 22 heavy (non-hydrogen) atoms. The van der Waals surface area contributed by atoms with Crippen LogP contribution in [-0.2, 0) is 0 Å². The van der Waals surface area contributed by atoms with Crippen LogP contribution in [0.5, 0.6) is 11.5 Å². The number of hydrogen-bond acceptors (Lipinski definition) is 3. The second-order valence-corrected chi connectivity index (χ2v) is 5.83. The fraction of sp³-hybridized carbons (Fsp3) is 0.188. The van der Waals surface area contributed by atoms with Gasteiger partial charge in [0.1, 0.15) is 12.4 Å². The molecular weight excluding hydrogens is 325 g/mol. The predicted octanol–water partition coefficient (Wildman–Crippen LogP) is 4.05. The lowest BCUT2D eigenvalue weighted by Crippen LogP contribution is -2.38. The van der Waals surface area contributed by atoms with Crippen molar-refractivity contribution in [2.24, 2.45) is 0 Å². The number of carbonyl (C=O) groups is 1. The molecule has 2 aromatic rings. The van der Waals surface area contributed by atoms with E-state index in [9.17, 15) is 9.90 Å². The molecule has 1 aliphatic rings. The molecule has 0 bridgehead atoms. The number of aromatic hydroxyl groups is 1. The molecule has 3 rings (SSSR count). The van der Waals surface area contributed by atoms with E-state index >= 15 is 0 Å². The van der Waals surface area contributed by atoms with Gasteiger partial charge in [-0.2, -0.15) is 0 Å². The second-order valence-electron chi connectivity index (χ2n) is 5.02. The van der Waals surface area contributed by atoms with E-state index in [1.54, 1.807) is 4.90 Å². The van der Waals surface area contributed by atoms with Gasteiger partial charge in [0, 0.05) is 5.56 Å². The van der Waals surface area contributed by atoms with Gasteiger partial charge in [0.25, 0.3) is 5.91 Å². The number of hydrogen-bond donors (Lipinski definition) is 1. The van der Waals surface area contributed by atoms with Crippen molar-refractivity contribution < 1.29 is 14.6 Å². The number of amides is 1. The summed E-state index contributed by atoms with van der Waals surface area (Å²) < 4.78 is 5.60. The maximum atomic E-state index is 12.8. The smallest absolute Gasteiger partial charge is 0.258 e. The number of halogens is 2. The molecular formula is C16H13Cl2NO3. The first kappa shape index (κ1) is 15.0. The summed E-state index contributed by atoms with van der Waals surface area (Å²) in [4.78, 5) is 14.4. The van der Waals surface area contributed by atoms with Crippen molar-refractivity contribution in [1.82, 2.24) is 0 Å². The zero-order valence-electron chi connectivity index (χ0n) is 11.8. The summed E-state index contributed by atoms with van der Waals surface area (Å²) in [5, 5.41) is 9.72. The first-order chi connectivity index (χ1) is 10.5. The van der Waals surface area contributed by atoms with E-state index < -0.39 is 0 Å². The molecule has 0 radical (unpaired) electrons. The number of ether oxygens (including phenoxy) is 1. The molecule has 1 amide bonds. The molecule has 0 saturated heterocycles. The molecule has 0 aromatic heterocycles. The topological polar surface area (TPSA) is 49.8 Å². The number of para-hydroxylation sites is 1. The van der Waals surface area contributed by atoms with E-state index in [1.807, 2.05) is 25.1 Å². The number of fused-ring (bicyclic) bond motifs is 1. The van der Waals surface area contributed by atoms with Gasteiger partial charge in [0.2, 0.25) is 0 Å². The fourth-order valence-corrected chi connectivity index (χ4v) is 2.99. The van der Waals surface area contributed by atoms with Crippen molar-refractivity contribution in [2.75, 3.05) is 18.1 Å². The maximum absolute atomic E-state index is 12.8. The van der Waals surface area contributed by atoms with Crippen LogP contribution in [0.2, 0.25) is 10.0 Å². The Kier molecular flexibility index (Phi) is 3.89. The van der Waals surface area contributed by atoms with Gasteiger partial charge in [-0.05, 0) is 30.7 Å². The lowest BCUT2D eigenvalue weighted by Gasteiger charge is -2.31. The molecule has 6 heteroatoms. The van der Waals surface area contributed by atoms with Gasteiger partial charge in [0.15, 0.2) is 5.75 Å². The summed E-state index contributed by atoms with van der Waals surface area (Å²) in [6, 6.07) is 8.47. The molecule has 1 aliphatic heterocycles. The molecule has 0 unspecified atom stereocenters. The number of phenolic OH excluding ortho intramolecular Hbond substituents is 1. The molecule has 0 atom stereocenters. The second kappa shape index (κ2) is 5.71. The van der Waals surface area contributed by atoms with Gasteiger partial charge in [-0.1, -0.05) is 35.3 Å². The van der Waals surface area contributed by atoms with Gasteiger partial charge < -0.3 is 14.7 Å². The fourth-order valence-electron chi connectivity index (χ4n) is 2.50. The van der Waals surface area contributed by atoms with E-state index in [0.717, 1.165) is 11.3 Å². The van der Waals surface area contributed by atoms with Gasteiger partial charge >= 0.3 is 0 Å². The lowest BCUT2D eigenvalue weighted by atomic mass is 10.1. The first-order valence-electron chi connectivity index (χ1n) is 6.71. The third kappa shape index (κ3) is 2.49. The summed E-state index contributed by atoms with van der Waals surface area (Å²) in [5.41, 5.74) is 2.02. The Labute approximate surface area is 137 Å². The molecule has 1 N–H and O–H groups in total. The Morgan fingerprint density at radius 1 is 1.27 bits per heavy atom. The van der Waals surface area contributed by atoms with Gasteiger partial charge in [-0.25, -0.2) is 0 Å². The van der Waals surface area contributed by atoms with Crippen LogP contribution < -0.4 is 9.64 Å². The summed E-state index contributed by atoms with van der Waals surface area (Å²) in [6.07, 6.45) is 0. The van der Waals surface area contributed by atoms with Gasteiger partial charge in [0.05, 0.1) is 22.3 Å². The van der Waals surface area contributed by atoms with Crippen LogP contribution in [0.3, 0.4) is 0 Å². The van der Waals surface area contributed by atoms with Crippen LogP contribution in [0.1, 0.15) is 15.9 Å². The minimum Gasteiger partial charge on any atom is -0.505 e. The van der Waals surface area contributed by atoms with Crippen LogP contribution in [0.4, 0.5) is 5.69 Å². The summed E-state index contributed by atoms with van der Waals surface area (Å²) >= 11 is 11.8. The van der Waals surface area contributed by atoms with E-state index in [-0.39, 0.29) is 21.7 Å². The van der Waals surface area contributed by atoms with Gasteiger partial charge in [-0.3, -0.25) is 4.79 Å². The number of nitrogens with zero attached hydrogens (tertiary/aromatic N) is 1. The van der Waals surface area contributed by atoms with Gasteiger partial charge in [-0.15, -0.1) is 0 Å². The van der Waals surface area contributed by atoms with Crippen molar-refractivity contribution in [3.05, 3.63) is 51.5 Å². The quantitative estimate of drug-likeness (QED) is 0.854. The highest BCUT2D eigenvalue weighted by Crippen LogP contribution is 2.37. The highest BCUT2D eigenvalue weighted by atomic mass is 35.5. The number of carbonyl (C=O) groups excluding carboxylic acids is 1. The largest absolute Gasteiger partial charge is 0.505 e. The number of aryl methyl sites for hydroxylation is 1. The van der Waals surface area contributed by atoms with E-state index in [2.05, 4.69) is 0 Å². The number of anilines is 1. The normalized spacial score (nSPS) is 13.5. The maximum Gasteiger partial charge on any atom is 0.258 e. The highest BCUT2D eigenvalue weighted by Gasteiger charge is 2.27. The highest BCUT2D eigenvalue weighted by molar-refractivity contribution is 6.37. The predicted molar refractivity (Wildman–Crippen MR) is 86.5 cm³/mol. The Balaban J connectivity index is 2.05. The summed E-state index contributed by atoms with van der Waals surface area (Å²) in [6.45, 7) is 2.78. The molecule has 4 nitrogen and oxygen atoms in total. The minimum atomic E-state index is -0.234. The molecule has 0 saturated carbocycles. The molecule has 0 aliphatic carbocycles. The Hall–Kier alpha value is -1.91. The van der Waals surface area contributed by atoms with E-state index in [0.29, 0.717) is 24.5 Å². The molecule has 0 fully saturated rings. The van der Waals surface area contributed by atoms with E-state index in [1.165, 1.54) is 12.1 Å². The lowest BCUT2D eigenvalue weighted by molar-refractivity contribution is 0.0976. The monoisotopic (exact) mass is 337 g/mol. The standard InChI is InChI=1S/C16H13Cl2NO3/c1-9-3-2-4-13-14(9)19(5-6-22-13)16(21)10-7-11(17)15(20)12(18)8-10/h2-4,7-8,20H,5-6H2,1H3. The summed E-state index contributed by atoms with van der Waals surface area (Å²) in [5.74, 6) is 0.219. The van der Waals surface area contributed by atoms with E-state index in [4.69, 9.17) is 27.9 Å². The van der Waals surface area contributed by atoms with Crippen LogP contribution in [0, 0.1) is 6.92 Å². The van der Waals surface area contributed by atoms with Crippen molar-refractivity contribution in [1.29, 1.82) is 0 Å². The third-order valence-corrected chi connectivity index (χ3v) is 4.13. The third-order valence-electron chi connectivity index (χ3n) is 3.55. The van der Waals surface area contributed by atoms with Crippen molar-refractivity contribution in [2.45, 2.75) is 6.92 Å². The Bertz CT molecular complexity index is 738. The molecule has 2 aromatic carbocycles. The van der Waals surface area contributed by atoms with Crippen LogP contribution in [0.25, 0.3) is 0 Å². The molecule has 114 valence electrons. The van der Waals surface area contributed by atoms with Crippen LogP contribution >= 0.6 is 23.2 Å². The van der Waals surface area contributed by atoms with Crippen LogP contribution in [-0.4, -0.2) is 24.2 Å². The zero-order valence-corrected chi connectivity index (χ0v) is 13.3. The van der Waals surface area contributed by atoms with Crippen molar-refractivity contribution >= 4 is 34.8 Å². The average Bonchev–Trinajstić information content (AvgIpc) is 2.51. The van der Waals surface area contributed by atoms with Crippen molar-refractivity contribution in [3.63, 3.8) is 0 Å². The molecule has 0 spiro atoms. The Morgan fingerprint density at radius 3 is 2.64 bits per heavy atom. The number of phenols is 1. The SMILES string of the molecule is Cc1cccc2c1N(C(=O)c1cc(Cl)c(O)c(Cl)c1)CCO2. The zero-order chi connectivity index (χ0) is 15.9. The number of rotatable bonds is 1. The Morgan fingerprint density at radius 2 is 1.95 bits per heavy atom. The molecule has 1 heterocycles. The van der Waals surface area contributed by atoms with Crippen LogP contribution in [0.15, 0.2) is 30.3 Å². The average molecular weight is 338 g/mol. The minimum absolute atomic E-state index is 0.0501.